The fourth-order valence-corrected chi connectivity index (χ4v) is 4.59. The van der Waals surface area contributed by atoms with Gasteiger partial charge in [0.25, 0.3) is 0 Å². The maximum Gasteiger partial charge on any atom is 0.223 e. The van der Waals surface area contributed by atoms with Crippen LogP contribution in [0.4, 0.5) is 5.69 Å². The lowest BCUT2D eigenvalue weighted by molar-refractivity contribution is -0.135. The lowest BCUT2D eigenvalue weighted by Crippen LogP contribution is -2.45. The molecule has 0 radical (unpaired) electrons. The zero-order valence-electron chi connectivity index (χ0n) is 18.2. The fourth-order valence-electron chi connectivity index (χ4n) is 4.59. The highest BCUT2D eigenvalue weighted by Gasteiger charge is 2.35. The molecule has 2 aliphatic rings. The Balaban J connectivity index is 0.00000225. The molecule has 1 amide bonds. The van der Waals surface area contributed by atoms with E-state index in [0.29, 0.717) is 19.0 Å². The molecule has 0 atom stereocenters. The van der Waals surface area contributed by atoms with E-state index in [9.17, 15) is 4.79 Å². The first kappa shape index (κ1) is 26.7. The van der Waals surface area contributed by atoms with Gasteiger partial charge in [0, 0.05) is 49.4 Å². The zero-order valence-corrected chi connectivity index (χ0v) is 19.8. The molecular weight excluding hydrogens is 425 g/mol. The standard InChI is InChI=1S/C22H35N3O3.2ClH/c1-27-19-12-18(13-20(14-19)28-2)24-17-6-10-25(11-7-17)21(26)15-22(16-23)8-4-3-5-9-22;;/h12-14,17,24H,3-11,15-16,23H2,1-2H3;2*1H. The maximum absolute atomic E-state index is 12.9. The summed E-state index contributed by atoms with van der Waals surface area (Å²) in [5, 5.41) is 3.57. The topological polar surface area (TPSA) is 76.8 Å². The Morgan fingerprint density at radius 3 is 2.13 bits per heavy atom. The Hall–Kier alpha value is -1.37. The number of carbonyl (C=O) groups is 1. The normalized spacial score (nSPS) is 18.6. The zero-order chi connectivity index (χ0) is 20.0. The second-order valence-corrected chi connectivity index (χ2v) is 8.34. The lowest BCUT2D eigenvalue weighted by atomic mass is 9.71. The van der Waals surface area contributed by atoms with Crippen molar-refractivity contribution in [2.75, 3.05) is 39.2 Å². The number of rotatable bonds is 7. The van der Waals surface area contributed by atoms with Crippen LogP contribution in [0.15, 0.2) is 18.2 Å². The van der Waals surface area contributed by atoms with Crippen LogP contribution in [-0.2, 0) is 4.79 Å². The van der Waals surface area contributed by atoms with Gasteiger partial charge < -0.3 is 25.4 Å². The van der Waals surface area contributed by atoms with Crippen LogP contribution in [0.2, 0.25) is 0 Å². The van der Waals surface area contributed by atoms with Gasteiger partial charge >= 0.3 is 0 Å². The first-order valence-electron chi connectivity index (χ1n) is 10.5. The Morgan fingerprint density at radius 1 is 1.07 bits per heavy atom. The number of ether oxygens (including phenoxy) is 2. The Bertz CT molecular complexity index is 639. The summed E-state index contributed by atoms with van der Waals surface area (Å²) in [5.41, 5.74) is 7.10. The van der Waals surface area contributed by atoms with Crippen LogP contribution >= 0.6 is 24.8 Å². The van der Waals surface area contributed by atoms with E-state index in [1.807, 2.05) is 23.1 Å². The van der Waals surface area contributed by atoms with Crippen LogP contribution in [0.3, 0.4) is 0 Å². The third kappa shape index (κ3) is 6.82. The smallest absolute Gasteiger partial charge is 0.223 e. The number of nitrogens with one attached hydrogen (secondary N) is 1. The van der Waals surface area contributed by atoms with Crippen LogP contribution in [0, 0.1) is 5.41 Å². The monoisotopic (exact) mass is 461 g/mol. The van der Waals surface area contributed by atoms with Crippen LogP contribution in [-0.4, -0.2) is 50.7 Å². The molecule has 0 unspecified atom stereocenters. The number of halogens is 2. The summed E-state index contributed by atoms with van der Waals surface area (Å²) in [7, 11) is 3.31. The number of likely N-dealkylation sites (tertiary alicyclic amines) is 1. The average molecular weight is 462 g/mol. The van der Waals surface area contributed by atoms with E-state index in [1.165, 1.54) is 19.3 Å². The summed E-state index contributed by atoms with van der Waals surface area (Å²) in [6.45, 7) is 2.24. The van der Waals surface area contributed by atoms with Crippen molar-refractivity contribution < 1.29 is 14.3 Å². The number of nitrogens with two attached hydrogens (primary N) is 1. The van der Waals surface area contributed by atoms with Gasteiger partial charge in [-0.3, -0.25) is 4.79 Å². The largest absolute Gasteiger partial charge is 0.497 e. The summed E-state index contributed by atoms with van der Waals surface area (Å²) < 4.78 is 10.7. The third-order valence-electron chi connectivity index (χ3n) is 6.44. The molecule has 1 aliphatic carbocycles. The lowest BCUT2D eigenvalue weighted by Gasteiger charge is -2.39. The van der Waals surface area contributed by atoms with Crippen molar-refractivity contribution in [2.24, 2.45) is 11.1 Å². The van der Waals surface area contributed by atoms with E-state index in [4.69, 9.17) is 15.2 Å². The molecule has 1 aliphatic heterocycles. The molecule has 2 fully saturated rings. The van der Waals surface area contributed by atoms with Gasteiger partial charge in [0.05, 0.1) is 14.2 Å². The predicted octanol–water partition coefficient (Wildman–Crippen LogP) is 4.25. The number of hydrogen-bond acceptors (Lipinski definition) is 5. The van der Waals surface area contributed by atoms with Gasteiger partial charge in [-0.1, -0.05) is 19.3 Å². The van der Waals surface area contributed by atoms with Gasteiger partial charge in [0.2, 0.25) is 5.91 Å². The minimum atomic E-state index is 0. The molecule has 1 saturated carbocycles. The van der Waals surface area contributed by atoms with Gasteiger partial charge in [0.15, 0.2) is 0 Å². The van der Waals surface area contributed by atoms with Crippen molar-refractivity contribution >= 4 is 36.4 Å². The molecule has 1 aromatic rings. The molecule has 1 heterocycles. The van der Waals surface area contributed by atoms with Crippen molar-refractivity contribution in [3.63, 3.8) is 0 Å². The summed E-state index contributed by atoms with van der Waals surface area (Å²) in [5.74, 6) is 1.83. The first-order chi connectivity index (χ1) is 13.6. The molecule has 1 saturated heterocycles. The number of hydrogen-bond donors (Lipinski definition) is 2. The number of piperidine rings is 1. The van der Waals surface area contributed by atoms with Crippen LogP contribution in [0.5, 0.6) is 11.5 Å². The second kappa shape index (κ2) is 12.5. The van der Waals surface area contributed by atoms with Crippen LogP contribution < -0.4 is 20.5 Å². The SMILES string of the molecule is COc1cc(NC2CCN(C(=O)CC3(CN)CCCCC3)CC2)cc(OC)c1.Cl.Cl. The number of methoxy groups -OCH3 is 2. The Kier molecular flexibility index (Phi) is 11.1. The van der Waals surface area contributed by atoms with Crippen molar-refractivity contribution in [2.45, 2.75) is 57.4 Å². The summed E-state index contributed by atoms with van der Waals surface area (Å²) in [6.07, 6.45) is 8.41. The molecular formula is C22H37Cl2N3O3. The number of benzene rings is 1. The van der Waals surface area contributed by atoms with Crippen LogP contribution in [0.25, 0.3) is 0 Å². The second-order valence-electron chi connectivity index (χ2n) is 8.34. The molecule has 8 heteroatoms. The quantitative estimate of drug-likeness (QED) is 0.634. The molecule has 30 heavy (non-hydrogen) atoms. The molecule has 0 bridgehead atoms. The van der Waals surface area contributed by atoms with Crippen molar-refractivity contribution in [1.82, 2.24) is 4.90 Å². The van der Waals surface area contributed by atoms with Gasteiger partial charge in [0.1, 0.15) is 11.5 Å². The minimum absolute atomic E-state index is 0. The Labute approximate surface area is 193 Å². The predicted molar refractivity (Wildman–Crippen MR) is 126 cm³/mol. The molecule has 172 valence electrons. The van der Waals surface area contributed by atoms with E-state index in [0.717, 1.165) is 56.0 Å². The molecule has 6 nitrogen and oxygen atoms in total. The number of anilines is 1. The van der Waals surface area contributed by atoms with Gasteiger partial charge in [-0.05, 0) is 37.6 Å². The molecule has 1 aromatic carbocycles. The van der Waals surface area contributed by atoms with Crippen molar-refractivity contribution in [3.05, 3.63) is 18.2 Å². The average Bonchev–Trinajstić information content (AvgIpc) is 2.74. The maximum atomic E-state index is 12.9. The third-order valence-corrected chi connectivity index (χ3v) is 6.44. The Morgan fingerprint density at radius 2 is 1.63 bits per heavy atom. The van der Waals surface area contributed by atoms with Crippen molar-refractivity contribution in [3.8, 4) is 11.5 Å². The molecule has 3 rings (SSSR count). The van der Waals surface area contributed by atoms with Gasteiger partial charge in [-0.2, -0.15) is 0 Å². The van der Waals surface area contributed by atoms with E-state index in [2.05, 4.69) is 5.32 Å². The van der Waals surface area contributed by atoms with Crippen molar-refractivity contribution in [1.29, 1.82) is 0 Å². The number of nitrogens with zero attached hydrogens (tertiary/aromatic N) is 1. The highest BCUT2D eigenvalue weighted by atomic mass is 35.5. The minimum Gasteiger partial charge on any atom is -0.497 e. The summed E-state index contributed by atoms with van der Waals surface area (Å²) in [6, 6.07) is 6.17. The van der Waals surface area contributed by atoms with E-state index < -0.39 is 0 Å². The van der Waals surface area contributed by atoms with Gasteiger partial charge in [-0.25, -0.2) is 0 Å². The first-order valence-corrected chi connectivity index (χ1v) is 10.5. The highest BCUT2D eigenvalue weighted by molar-refractivity contribution is 5.85. The molecule has 3 N–H and O–H groups in total. The molecule has 0 aromatic heterocycles. The summed E-state index contributed by atoms with van der Waals surface area (Å²) >= 11 is 0. The van der Waals surface area contributed by atoms with E-state index in [1.54, 1.807) is 14.2 Å². The highest BCUT2D eigenvalue weighted by Crippen LogP contribution is 2.39. The fraction of sp³-hybridized carbons (Fsp3) is 0.682. The summed E-state index contributed by atoms with van der Waals surface area (Å²) in [4.78, 5) is 14.9. The van der Waals surface area contributed by atoms with E-state index >= 15 is 0 Å². The number of amides is 1. The van der Waals surface area contributed by atoms with Crippen LogP contribution in [0.1, 0.15) is 51.4 Å². The number of carbonyl (C=O) groups excluding carboxylic acids is 1. The van der Waals surface area contributed by atoms with E-state index in [-0.39, 0.29) is 36.1 Å². The molecule has 0 spiro atoms. The van der Waals surface area contributed by atoms with Gasteiger partial charge in [-0.15, -0.1) is 24.8 Å².